The predicted octanol–water partition coefficient (Wildman–Crippen LogP) is 5.07. The second kappa shape index (κ2) is 8.94. The van der Waals surface area contributed by atoms with Crippen LogP contribution in [0.4, 0.5) is 0 Å². The molecular weight excluding hydrogens is 451 g/mol. The summed E-state index contributed by atoms with van der Waals surface area (Å²) in [6.07, 6.45) is 0. The van der Waals surface area contributed by atoms with Gasteiger partial charge in [0.15, 0.2) is 5.69 Å². The molecule has 0 N–H and O–H groups in total. The van der Waals surface area contributed by atoms with Crippen LogP contribution in [0.15, 0.2) is 66.7 Å². The van der Waals surface area contributed by atoms with E-state index in [1.807, 2.05) is 6.07 Å². The third kappa shape index (κ3) is 4.15. The number of ketones is 1. The molecule has 0 amide bonds. The standard InChI is InChI=1S/C24H16Cl2N2O4/c1-14-7-5-6-10-16(14)24(30)32-13-20-22(23(29)15-8-3-2-4-9-15)28(31)21-12-18(26)17(25)11-19(21)27-20/h2-12H,13H2,1H3. The Hall–Kier alpha value is -3.48. The summed E-state index contributed by atoms with van der Waals surface area (Å²) in [6, 6.07) is 18.0. The van der Waals surface area contributed by atoms with Gasteiger partial charge in [-0.2, -0.15) is 4.73 Å². The number of aromatic nitrogens is 2. The van der Waals surface area contributed by atoms with Crippen molar-refractivity contribution in [1.29, 1.82) is 0 Å². The number of rotatable bonds is 5. The lowest BCUT2D eigenvalue weighted by molar-refractivity contribution is -0.580. The third-order valence-corrected chi connectivity index (χ3v) is 5.65. The largest absolute Gasteiger partial charge is 0.618 e. The quantitative estimate of drug-likeness (QED) is 0.177. The van der Waals surface area contributed by atoms with Crippen LogP contribution in [-0.2, 0) is 11.3 Å². The molecule has 1 heterocycles. The Kier molecular flexibility index (Phi) is 6.08. The summed E-state index contributed by atoms with van der Waals surface area (Å²) in [5, 5.41) is 13.6. The van der Waals surface area contributed by atoms with Gasteiger partial charge in [0.1, 0.15) is 12.1 Å². The SMILES string of the molecule is Cc1ccccc1C(=O)OCc1nc2cc(Cl)c(Cl)cc2[n+]([O-])c1C(=O)c1ccccc1. The first kappa shape index (κ1) is 21.7. The van der Waals surface area contributed by atoms with Crippen molar-refractivity contribution >= 4 is 46.0 Å². The Bertz CT molecular complexity index is 1360. The lowest BCUT2D eigenvalue weighted by atomic mass is 10.1. The fourth-order valence-electron chi connectivity index (χ4n) is 3.28. The van der Waals surface area contributed by atoms with Gasteiger partial charge in [0.25, 0.3) is 11.5 Å². The molecule has 0 atom stereocenters. The van der Waals surface area contributed by atoms with Crippen LogP contribution in [0.3, 0.4) is 0 Å². The number of aryl methyl sites for hydroxylation is 1. The first-order valence-corrected chi connectivity index (χ1v) is 10.4. The number of hydrogen-bond acceptors (Lipinski definition) is 5. The minimum absolute atomic E-state index is 0.0154. The van der Waals surface area contributed by atoms with Crippen molar-refractivity contribution in [2.45, 2.75) is 13.5 Å². The highest BCUT2D eigenvalue weighted by Crippen LogP contribution is 2.27. The van der Waals surface area contributed by atoms with Crippen LogP contribution in [0.25, 0.3) is 11.0 Å². The van der Waals surface area contributed by atoms with Gasteiger partial charge in [-0.25, -0.2) is 9.78 Å². The van der Waals surface area contributed by atoms with Crippen molar-refractivity contribution < 1.29 is 19.1 Å². The summed E-state index contributed by atoms with van der Waals surface area (Å²) in [5.41, 5.74) is 1.48. The number of benzene rings is 3. The van der Waals surface area contributed by atoms with Gasteiger partial charge in [-0.05, 0) is 24.6 Å². The maximum Gasteiger partial charge on any atom is 0.338 e. The van der Waals surface area contributed by atoms with Gasteiger partial charge in [-0.1, -0.05) is 71.7 Å². The summed E-state index contributed by atoms with van der Waals surface area (Å²) in [7, 11) is 0. The molecule has 4 rings (SSSR count). The fraction of sp³-hybridized carbons (Fsp3) is 0.0833. The van der Waals surface area contributed by atoms with E-state index in [0.29, 0.717) is 15.9 Å². The predicted molar refractivity (Wildman–Crippen MR) is 121 cm³/mol. The molecule has 0 unspecified atom stereocenters. The van der Waals surface area contributed by atoms with Crippen molar-refractivity contribution in [1.82, 2.24) is 4.98 Å². The highest BCUT2D eigenvalue weighted by Gasteiger charge is 2.29. The van der Waals surface area contributed by atoms with E-state index in [1.54, 1.807) is 55.5 Å². The van der Waals surface area contributed by atoms with Crippen molar-refractivity contribution in [2.24, 2.45) is 0 Å². The highest BCUT2D eigenvalue weighted by molar-refractivity contribution is 6.42. The third-order valence-electron chi connectivity index (χ3n) is 4.92. The molecule has 0 aliphatic heterocycles. The van der Waals surface area contributed by atoms with Crippen LogP contribution in [-0.4, -0.2) is 16.7 Å². The van der Waals surface area contributed by atoms with Gasteiger partial charge in [-0.15, -0.1) is 0 Å². The maximum atomic E-state index is 13.2. The summed E-state index contributed by atoms with van der Waals surface area (Å²) in [5.74, 6) is -1.14. The van der Waals surface area contributed by atoms with Crippen molar-refractivity contribution in [3.8, 4) is 0 Å². The molecule has 6 nitrogen and oxygen atoms in total. The summed E-state index contributed by atoms with van der Waals surface area (Å²) < 4.78 is 5.87. The van der Waals surface area contributed by atoms with Gasteiger partial charge in [0.05, 0.1) is 15.6 Å². The summed E-state index contributed by atoms with van der Waals surface area (Å²) in [6.45, 7) is 1.41. The van der Waals surface area contributed by atoms with E-state index in [1.165, 1.54) is 12.1 Å². The first-order chi connectivity index (χ1) is 15.4. The van der Waals surface area contributed by atoms with Crippen LogP contribution in [0.1, 0.15) is 37.7 Å². The van der Waals surface area contributed by atoms with E-state index in [-0.39, 0.29) is 39.1 Å². The molecule has 1 aromatic heterocycles. The molecule has 0 fully saturated rings. The van der Waals surface area contributed by atoms with Crippen LogP contribution in [0, 0.1) is 12.1 Å². The Morgan fingerprint density at radius 2 is 1.66 bits per heavy atom. The van der Waals surface area contributed by atoms with E-state index >= 15 is 0 Å². The second-order valence-electron chi connectivity index (χ2n) is 7.04. The van der Waals surface area contributed by atoms with Gasteiger partial charge in [-0.3, -0.25) is 4.79 Å². The van der Waals surface area contributed by atoms with Crippen molar-refractivity contribution in [3.05, 3.63) is 110 Å². The zero-order chi connectivity index (χ0) is 22.8. The summed E-state index contributed by atoms with van der Waals surface area (Å²) >= 11 is 12.1. The number of hydrogen-bond donors (Lipinski definition) is 0. The fourth-order valence-corrected chi connectivity index (χ4v) is 3.59. The van der Waals surface area contributed by atoms with Crippen molar-refractivity contribution in [2.75, 3.05) is 0 Å². The van der Waals surface area contributed by atoms with Crippen LogP contribution in [0.5, 0.6) is 0 Å². The molecule has 0 aliphatic rings. The Balaban J connectivity index is 1.80. The lowest BCUT2D eigenvalue weighted by Crippen LogP contribution is -2.38. The average molecular weight is 467 g/mol. The molecule has 0 saturated heterocycles. The maximum absolute atomic E-state index is 13.2. The summed E-state index contributed by atoms with van der Waals surface area (Å²) in [4.78, 5) is 30.2. The Morgan fingerprint density at radius 1 is 1.00 bits per heavy atom. The molecule has 3 aromatic carbocycles. The van der Waals surface area contributed by atoms with E-state index in [0.717, 1.165) is 5.56 Å². The van der Waals surface area contributed by atoms with Gasteiger partial charge in [0, 0.05) is 11.6 Å². The molecule has 32 heavy (non-hydrogen) atoms. The molecule has 160 valence electrons. The first-order valence-electron chi connectivity index (χ1n) is 9.60. The lowest BCUT2D eigenvalue weighted by Gasteiger charge is -2.13. The van der Waals surface area contributed by atoms with Crippen LogP contribution in [0.2, 0.25) is 10.0 Å². The molecule has 0 saturated carbocycles. The minimum atomic E-state index is -0.588. The number of carbonyl (C=O) groups is 2. The molecule has 0 radical (unpaired) electrons. The van der Waals surface area contributed by atoms with Crippen molar-refractivity contribution in [3.63, 3.8) is 0 Å². The van der Waals surface area contributed by atoms with E-state index in [2.05, 4.69) is 4.98 Å². The number of carbonyl (C=O) groups excluding carboxylic acids is 2. The number of nitrogens with zero attached hydrogens (tertiary/aromatic N) is 2. The molecule has 0 spiro atoms. The number of ether oxygens (including phenoxy) is 1. The monoisotopic (exact) mass is 466 g/mol. The minimum Gasteiger partial charge on any atom is -0.618 e. The number of fused-ring (bicyclic) bond motifs is 1. The van der Waals surface area contributed by atoms with Crippen LogP contribution < -0.4 is 4.73 Å². The van der Waals surface area contributed by atoms with Gasteiger partial charge in [0.2, 0.25) is 5.52 Å². The normalized spacial score (nSPS) is 10.8. The van der Waals surface area contributed by atoms with Gasteiger partial charge >= 0.3 is 5.97 Å². The highest BCUT2D eigenvalue weighted by atomic mass is 35.5. The van der Waals surface area contributed by atoms with Gasteiger partial charge < -0.3 is 9.94 Å². The molecule has 0 aliphatic carbocycles. The van der Waals surface area contributed by atoms with Crippen LogP contribution >= 0.6 is 23.2 Å². The molecule has 0 bridgehead atoms. The van der Waals surface area contributed by atoms with E-state index in [4.69, 9.17) is 27.9 Å². The molecule has 4 aromatic rings. The number of halogens is 2. The molecular formula is C24H16Cl2N2O4. The average Bonchev–Trinajstić information content (AvgIpc) is 2.79. The Morgan fingerprint density at radius 3 is 2.38 bits per heavy atom. The van der Waals surface area contributed by atoms with E-state index < -0.39 is 11.8 Å². The zero-order valence-corrected chi connectivity index (χ0v) is 18.4. The second-order valence-corrected chi connectivity index (χ2v) is 7.86. The topological polar surface area (TPSA) is 83.2 Å². The Labute approximate surface area is 193 Å². The van der Waals surface area contributed by atoms with E-state index in [9.17, 15) is 14.8 Å². The zero-order valence-electron chi connectivity index (χ0n) is 16.8. The molecule has 8 heteroatoms. The smallest absolute Gasteiger partial charge is 0.338 e. The number of esters is 1.